The molecule has 1 saturated heterocycles. The van der Waals surface area contributed by atoms with Crippen LogP contribution >= 0.6 is 23.2 Å². The Morgan fingerprint density at radius 2 is 1.95 bits per heavy atom. The summed E-state index contributed by atoms with van der Waals surface area (Å²) in [6, 6.07) is 6.23. The number of rotatable bonds is 3. The molecule has 1 aliphatic rings. The highest BCUT2D eigenvalue weighted by Gasteiger charge is 2.24. The standard InChI is InChI=1S/C15H20Cl2N2O/c1-10-8-19(9-11(2)18-10)14(20)7-6-12-4-3-5-13(16)15(12)17/h3-5,10-11,18H,6-9H2,1-2H3/t10-,11-/m1/s1. The molecule has 20 heavy (non-hydrogen) atoms. The predicted octanol–water partition coefficient (Wildman–Crippen LogP) is 3.13. The lowest BCUT2D eigenvalue weighted by atomic mass is 10.1. The first-order valence-electron chi connectivity index (χ1n) is 6.94. The zero-order chi connectivity index (χ0) is 14.7. The highest BCUT2D eigenvalue weighted by atomic mass is 35.5. The van der Waals surface area contributed by atoms with E-state index in [1.54, 1.807) is 6.07 Å². The Labute approximate surface area is 130 Å². The van der Waals surface area contributed by atoms with E-state index in [1.807, 2.05) is 17.0 Å². The number of carbonyl (C=O) groups excluding carboxylic acids is 1. The predicted molar refractivity (Wildman–Crippen MR) is 83.4 cm³/mol. The summed E-state index contributed by atoms with van der Waals surface area (Å²) < 4.78 is 0. The number of nitrogens with zero attached hydrogens (tertiary/aromatic N) is 1. The van der Waals surface area contributed by atoms with Gasteiger partial charge in [-0.25, -0.2) is 0 Å². The molecule has 0 spiro atoms. The summed E-state index contributed by atoms with van der Waals surface area (Å²) in [5, 5.41) is 4.52. The number of halogens is 2. The van der Waals surface area contributed by atoms with Crippen molar-refractivity contribution in [3.63, 3.8) is 0 Å². The SMILES string of the molecule is C[C@@H]1CN(C(=O)CCc2cccc(Cl)c2Cl)C[C@@H](C)N1. The van der Waals surface area contributed by atoms with Crippen molar-refractivity contribution in [1.29, 1.82) is 0 Å². The maximum atomic E-state index is 12.3. The average Bonchev–Trinajstić information content (AvgIpc) is 2.39. The Kier molecular flexibility index (Phi) is 5.30. The molecule has 1 aromatic carbocycles. The van der Waals surface area contributed by atoms with Crippen molar-refractivity contribution in [2.75, 3.05) is 13.1 Å². The van der Waals surface area contributed by atoms with E-state index in [0.717, 1.165) is 18.7 Å². The smallest absolute Gasteiger partial charge is 0.223 e. The first-order chi connectivity index (χ1) is 9.47. The number of amides is 1. The molecule has 0 aromatic heterocycles. The molecule has 1 N–H and O–H groups in total. The van der Waals surface area contributed by atoms with Gasteiger partial charge in [0.05, 0.1) is 10.0 Å². The van der Waals surface area contributed by atoms with Crippen LogP contribution in [0.5, 0.6) is 0 Å². The summed E-state index contributed by atoms with van der Waals surface area (Å²) in [5.74, 6) is 0.182. The van der Waals surface area contributed by atoms with Gasteiger partial charge in [-0.15, -0.1) is 0 Å². The minimum atomic E-state index is 0.182. The van der Waals surface area contributed by atoms with E-state index in [1.165, 1.54) is 0 Å². The number of carbonyl (C=O) groups is 1. The molecule has 110 valence electrons. The normalized spacial score (nSPS) is 22.9. The summed E-state index contributed by atoms with van der Waals surface area (Å²) in [6.07, 6.45) is 1.10. The lowest BCUT2D eigenvalue weighted by molar-refractivity contribution is -0.132. The Bertz CT molecular complexity index is 483. The molecule has 1 aliphatic heterocycles. The maximum absolute atomic E-state index is 12.3. The van der Waals surface area contributed by atoms with E-state index < -0.39 is 0 Å². The zero-order valence-electron chi connectivity index (χ0n) is 11.8. The number of aryl methyl sites for hydroxylation is 1. The van der Waals surface area contributed by atoms with Gasteiger partial charge in [0.25, 0.3) is 0 Å². The topological polar surface area (TPSA) is 32.3 Å². The second kappa shape index (κ2) is 6.79. The van der Waals surface area contributed by atoms with Crippen LogP contribution in [0.25, 0.3) is 0 Å². The van der Waals surface area contributed by atoms with E-state index in [4.69, 9.17) is 23.2 Å². The van der Waals surface area contributed by atoms with Crippen LogP contribution in [0.4, 0.5) is 0 Å². The summed E-state index contributed by atoms with van der Waals surface area (Å²) in [6.45, 7) is 5.74. The molecule has 0 saturated carbocycles. The van der Waals surface area contributed by atoms with Gasteiger partial charge in [-0.2, -0.15) is 0 Å². The van der Waals surface area contributed by atoms with Crippen LogP contribution in [0.2, 0.25) is 10.0 Å². The third kappa shape index (κ3) is 3.87. The molecule has 0 aliphatic carbocycles. The first kappa shape index (κ1) is 15.6. The molecule has 1 amide bonds. The van der Waals surface area contributed by atoms with Crippen molar-refractivity contribution in [3.05, 3.63) is 33.8 Å². The van der Waals surface area contributed by atoms with Crippen LogP contribution in [0.15, 0.2) is 18.2 Å². The summed E-state index contributed by atoms with van der Waals surface area (Å²) in [5.41, 5.74) is 0.934. The van der Waals surface area contributed by atoms with Crippen LogP contribution < -0.4 is 5.32 Å². The second-order valence-electron chi connectivity index (χ2n) is 5.48. The minimum Gasteiger partial charge on any atom is -0.340 e. The largest absolute Gasteiger partial charge is 0.340 e. The molecular formula is C15H20Cl2N2O. The number of piperazine rings is 1. The first-order valence-corrected chi connectivity index (χ1v) is 7.69. The highest BCUT2D eigenvalue weighted by Crippen LogP contribution is 2.26. The summed E-state index contributed by atoms with van der Waals surface area (Å²) >= 11 is 12.1. The van der Waals surface area contributed by atoms with Crippen LogP contribution in [0.3, 0.4) is 0 Å². The number of benzene rings is 1. The van der Waals surface area contributed by atoms with E-state index in [0.29, 0.717) is 35.0 Å². The van der Waals surface area contributed by atoms with Crippen LogP contribution in [0, 0.1) is 0 Å². The van der Waals surface area contributed by atoms with Crippen molar-refractivity contribution >= 4 is 29.1 Å². The minimum absolute atomic E-state index is 0.182. The molecule has 2 rings (SSSR count). The summed E-state index contributed by atoms with van der Waals surface area (Å²) in [7, 11) is 0. The molecule has 1 aromatic rings. The van der Waals surface area contributed by atoms with Crippen molar-refractivity contribution in [2.45, 2.75) is 38.8 Å². The van der Waals surface area contributed by atoms with E-state index in [9.17, 15) is 4.79 Å². The second-order valence-corrected chi connectivity index (χ2v) is 6.27. The van der Waals surface area contributed by atoms with E-state index in [2.05, 4.69) is 19.2 Å². The van der Waals surface area contributed by atoms with Crippen LogP contribution in [0.1, 0.15) is 25.8 Å². The molecule has 1 heterocycles. The average molecular weight is 315 g/mol. The van der Waals surface area contributed by atoms with E-state index in [-0.39, 0.29) is 5.91 Å². The van der Waals surface area contributed by atoms with Crippen LogP contribution in [-0.2, 0) is 11.2 Å². The third-order valence-corrected chi connectivity index (χ3v) is 4.41. The number of hydrogen-bond donors (Lipinski definition) is 1. The van der Waals surface area contributed by atoms with Crippen molar-refractivity contribution in [3.8, 4) is 0 Å². The van der Waals surface area contributed by atoms with E-state index >= 15 is 0 Å². The molecular weight excluding hydrogens is 295 g/mol. The van der Waals surface area contributed by atoms with Crippen molar-refractivity contribution in [2.24, 2.45) is 0 Å². The molecule has 0 radical (unpaired) electrons. The quantitative estimate of drug-likeness (QED) is 0.929. The fourth-order valence-corrected chi connectivity index (χ4v) is 3.09. The molecule has 1 fully saturated rings. The van der Waals surface area contributed by atoms with Crippen LogP contribution in [-0.4, -0.2) is 36.0 Å². The van der Waals surface area contributed by atoms with Gasteiger partial charge in [0.15, 0.2) is 0 Å². The molecule has 3 nitrogen and oxygen atoms in total. The summed E-state index contributed by atoms with van der Waals surface area (Å²) in [4.78, 5) is 14.2. The van der Waals surface area contributed by atoms with Crippen molar-refractivity contribution < 1.29 is 4.79 Å². The maximum Gasteiger partial charge on any atom is 0.223 e. The van der Waals surface area contributed by atoms with Gasteiger partial charge in [-0.3, -0.25) is 4.79 Å². The third-order valence-electron chi connectivity index (χ3n) is 3.55. The zero-order valence-corrected chi connectivity index (χ0v) is 13.3. The van der Waals surface area contributed by atoms with Gasteiger partial charge in [0, 0.05) is 31.6 Å². The lowest BCUT2D eigenvalue weighted by Gasteiger charge is -2.36. The monoisotopic (exact) mass is 314 g/mol. The van der Waals surface area contributed by atoms with Gasteiger partial charge >= 0.3 is 0 Å². The van der Waals surface area contributed by atoms with Gasteiger partial charge in [0.2, 0.25) is 5.91 Å². The van der Waals surface area contributed by atoms with Gasteiger partial charge in [-0.1, -0.05) is 35.3 Å². The lowest BCUT2D eigenvalue weighted by Crippen LogP contribution is -2.55. The highest BCUT2D eigenvalue weighted by molar-refractivity contribution is 6.42. The Morgan fingerprint density at radius 3 is 2.60 bits per heavy atom. The van der Waals surface area contributed by atoms with Gasteiger partial charge in [0.1, 0.15) is 0 Å². The fourth-order valence-electron chi connectivity index (χ4n) is 2.67. The Balaban J connectivity index is 1.93. The van der Waals surface area contributed by atoms with Crippen molar-refractivity contribution in [1.82, 2.24) is 10.2 Å². The molecule has 2 atom stereocenters. The number of nitrogens with one attached hydrogen (secondary N) is 1. The fraction of sp³-hybridized carbons (Fsp3) is 0.533. The van der Waals surface area contributed by atoms with Gasteiger partial charge in [-0.05, 0) is 31.9 Å². The Morgan fingerprint density at radius 1 is 1.30 bits per heavy atom. The van der Waals surface area contributed by atoms with Gasteiger partial charge < -0.3 is 10.2 Å². The molecule has 5 heteroatoms. The molecule has 0 bridgehead atoms. The molecule has 0 unspecified atom stereocenters. The number of hydrogen-bond acceptors (Lipinski definition) is 2. The Hall–Kier alpha value is -0.770.